The number of fused-ring (bicyclic) bond motifs is 1. The molecule has 0 bridgehead atoms. The van der Waals surface area contributed by atoms with Crippen LogP contribution in [0.4, 0.5) is 5.82 Å². The molecule has 0 aliphatic carbocycles. The minimum absolute atomic E-state index is 0.142. The van der Waals surface area contributed by atoms with Gasteiger partial charge in [-0.05, 0) is 45.2 Å². The highest BCUT2D eigenvalue weighted by Gasteiger charge is 2.37. The number of aromatic nitrogens is 2. The van der Waals surface area contributed by atoms with Crippen molar-refractivity contribution < 1.29 is 9.53 Å². The van der Waals surface area contributed by atoms with Gasteiger partial charge in [-0.2, -0.15) is 5.10 Å². The quantitative estimate of drug-likeness (QED) is 0.879. The second-order valence-corrected chi connectivity index (χ2v) is 6.61. The molecule has 0 amide bonds. The third-order valence-corrected chi connectivity index (χ3v) is 4.42. The molecule has 2 aromatic rings. The summed E-state index contributed by atoms with van der Waals surface area (Å²) in [5.41, 5.74) is 2.81. The van der Waals surface area contributed by atoms with Crippen LogP contribution in [-0.2, 0) is 10.3 Å². The van der Waals surface area contributed by atoms with Gasteiger partial charge in [-0.15, -0.1) is 0 Å². The molecule has 122 valence electrons. The Morgan fingerprint density at radius 3 is 2.87 bits per heavy atom. The number of ether oxygens (including phenoxy) is 1. The molecule has 0 saturated heterocycles. The molecule has 23 heavy (non-hydrogen) atoms. The molecule has 1 aromatic heterocycles. The van der Waals surface area contributed by atoms with Crippen molar-refractivity contribution in [2.45, 2.75) is 45.7 Å². The zero-order valence-corrected chi connectivity index (χ0v) is 14.1. The first-order valence-corrected chi connectivity index (χ1v) is 8.01. The van der Waals surface area contributed by atoms with Crippen molar-refractivity contribution in [3.8, 4) is 0 Å². The van der Waals surface area contributed by atoms with E-state index in [4.69, 9.17) is 4.74 Å². The van der Waals surface area contributed by atoms with E-state index in [0.717, 1.165) is 12.2 Å². The summed E-state index contributed by atoms with van der Waals surface area (Å²) in [6.45, 7) is 8.56. The molecule has 3 rings (SSSR count). The van der Waals surface area contributed by atoms with Crippen molar-refractivity contribution in [3.63, 3.8) is 0 Å². The maximum absolute atomic E-state index is 12.2. The summed E-state index contributed by atoms with van der Waals surface area (Å²) >= 11 is 0. The zero-order valence-electron chi connectivity index (χ0n) is 14.1. The van der Waals surface area contributed by atoms with Crippen LogP contribution < -0.4 is 5.32 Å². The Bertz CT molecular complexity index is 734. The molecule has 5 heteroatoms. The summed E-state index contributed by atoms with van der Waals surface area (Å²) in [4.78, 5) is 12.2. The summed E-state index contributed by atoms with van der Waals surface area (Å²) in [5, 5.41) is 7.91. The molecule has 2 heterocycles. The number of nitrogens with one attached hydrogen (secondary N) is 1. The molecule has 0 saturated carbocycles. The van der Waals surface area contributed by atoms with Gasteiger partial charge in [-0.1, -0.05) is 24.3 Å². The van der Waals surface area contributed by atoms with Crippen LogP contribution in [0.15, 0.2) is 30.5 Å². The van der Waals surface area contributed by atoms with Gasteiger partial charge in [-0.25, -0.2) is 9.48 Å². The number of hydrogen-bond acceptors (Lipinski definition) is 4. The van der Waals surface area contributed by atoms with Crippen LogP contribution in [0, 0.1) is 6.92 Å². The van der Waals surface area contributed by atoms with E-state index in [2.05, 4.69) is 49.4 Å². The van der Waals surface area contributed by atoms with Crippen LogP contribution in [-0.4, -0.2) is 22.4 Å². The molecule has 1 N–H and O–H groups in total. The van der Waals surface area contributed by atoms with Gasteiger partial charge in [0.05, 0.1) is 24.4 Å². The van der Waals surface area contributed by atoms with E-state index in [0.29, 0.717) is 12.2 Å². The predicted octanol–water partition coefficient (Wildman–Crippen LogP) is 3.66. The maximum atomic E-state index is 12.2. The van der Waals surface area contributed by atoms with Gasteiger partial charge >= 0.3 is 5.97 Å². The normalized spacial score (nSPS) is 18.9. The second kappa shape index (κ2) is 5.72. The molecule has 5 nitrogen and oxygen atoms in total. The highest BCUT2D eigenvalue weighted by Crippen LogP contribution is 2.40. The van der Waals surface area contributed by atoms with Gasteiger partial charge in [0.1, 0.15) is 11.4 Å². The van der Waals surface area contributed by atoms with Gasteiger partial charge < -0.3 is 10.1 Å². The number of benzene rings is 1. The van der Waals surface area contributed by atoms with Crippen LogP contribution in [0.2, 0.25) is 0 Å². The predicted molar refractivity (Wildman–Crippen MR) is 89.7 cm³/mol. The van der Waals surface area contributed by atoms with Gasteiger partial charge in [-0.3, -0.25) is 0 Å². The van der Waals surface area contributed by atoms with E-state index in [-0.39, 0.29) is 17.6 Å². The number of rotatable bonds is 3. The Morgan fingerprint density at radius 1 is 1.43 bits per heavy atom. The fraction of sp³-hybridized carbons (Fsp3) is 0.444. The molecule has 0 spiro atoms. The highest BCUT2D eigenvalue weighted by atomic mass is 16.5. The van der Waals surface area contributed by atoms with Crippen molar-refractivity contribution >= 4 is 11.8 Å². The SMILES string of the molecule is CCOC(=O)c1cnn2c1NC(c1ccccc1C)CC2(C)C. The lowest BCUT2D eigenvalue weighted by Gasteiger charge is -2.38. The van der Waals surface area contributed by atoms with Crippen molar-refractivity contribution in [1.82, 2.24) is 9.78 Å². The third-order valence-electron chi connectivity index (χ3n) is 4.42. The average Bonchev–Trinajstić information content (AvgIpc) is 2.92. The van der Waals surface area contributed by atoms with Crippen LogP contribution >= 0.6 is 0 Å². The number of nitrogens with zero attached hydrogens (tertiary/aromatic N) is 2. The Kier molecular flexibility index (Phi) is 3.88. The molecule has 1 aliphatic heterocycles. The Balaban J connectivity index is 2.02. The van der Waals surface area contributed by atoms with Crippen molar-refractivity contribution in [1.29, 1.82) is 0 Å². The molecule has 1 aliphatic rings. The first kappa shape index (κ1) is 15.6. The van der Waals surface area contributed by atoms with Crippen molar-refractivity contribution in [3.05, 3.63) is 47.2 Å². The lowest BCUT2D eigenvalue weighted by Crippen LogP contribution is -2.38. The van der Waals surface area contributed by atoms with E-state index >= 15 is 0 Å². The van der Waals surface area contributed by atoms with E-state index in [9.17, 15) is 4.79 Å². The topological polar surface area (TPSA) is 56.1 Å². The molecule has 1 atom stereocenters. The highest BCUT2D eigenvalue weighted by molar-refractivity contribution is 5.94. The summed E-state index contributed by atoms with van der Waals surface area (Å²) in [6, 6.07) is 8.49. The number of carbonyl (C=O) groups excluding carboxylic acids is 1. The number of anilines is 1. The third kappa shape index (κ3) is 2.71. The molecular formula is C18H23N3O2. The van der Waals surface area contributed by atoms with Gasteiger partial charge in [0.2, 0.25) is 0 Å². The number of esters is 1. The molecule has 1 aromatic carbocycles. The molecule has 0 radical (unpaired) electrons. The van der Waals surface area contributed by atoms with Crippen LogP contribution in [0.25, 0.3) is 0 Å². The van der Waals surface area contributed by atoms with Gasteiger partial charge in [0.25, 0.3) is 0 Å². The monoisotopic (exact) mass is 313 g/mol. The zero-order chi connectivity index (χ0) is 16.6. The van der Waals surface area contributed by atoms with Gasteiger partial charge in [0, 0.05) is 0 Å². The minimum Gasteiger partial charge on any atom is -0.462 e. The first-order valence-electron chi connectivity index (χ1n) is 8.01. The van der Waals surface area contributed by atoms with Crippen molar-refractivity contribution in [2.75, 3.05) is 11.9 Å². The van der Waals surface area contributed by atoms with E-state index < -0.39 is 0 Å². The van der Waals surface area contributed by atoms with Gasteiger partial charge in [0.15, 0.2) is 0 Å². The van der Waals surface area contributed by atoms with Crippen LogP contribution in [0.3, 0.4) is 0 Å². The van der Waals surface area contributed by atoms with Crippen molar-refractivity contribution in [2.24, 2.45) is 0 Å². The Labute approximate surface area is 136 Å². The fourth-order valence-electron chi connectivity index (χ4n) is 3.27. The summed E-state index contributed by atoms with van der Waals surface area (Å²) in [5.74, 6) is 0.412. The standard InChI is InChI=1S/C18H23N3O2/c1-5-23-17(22)14-11-19-21-16(14)20-15(10-18(21,3)4)13-9-7-6-8-12(13)2/h6-9,11,15,20H,5,10H2,1-4H3. The average molecular weight is 313 g/mol. The van der Waals surface area contributed by atoms with Crippen LogP contribution in [0.5, 0.6) is 0 Å². The van der Waals surface area contributed by atoms with Crippen LogP contribution in [0.1, 0.15) is 54.7 Å². The largest absolute Gasteiger partial charge is 0.462 e. The summed E-state index contributed by atoms with van der Waals surface area (Å²) < 4.78 is 7.05. The lowest BCUT2D eigenvalue weighted by molar-refractivity contribution is 0.0527. The number of carbonyl (C=O) groups is 1. The minimum atomic E-state index is -0.331. The van der Waals surface area contributed by atoms with E-state index in [1.54, 1.807) is 13.1 Å². The summed E-state index contributed by atoms with van der Waals surface area (Å²) in [7, 11) is 0. The number of hydrogen-bond donors (Lipinski definition) is 1. The second-order valence-electron chi connectivity index (χ2n) is 6.61. The van der Waals surface area contributed by atoms with E-state index in [1.165, 1.54) is 11.1 Å². The smallest absolute Gasteiger partial charge is 0.343 e. The molecule has 1 unspecified atom stereocenters. The summed E-state index contributed by atoms with van der Waals surface area (Å²) in [6.07, 6.45) is 2.50. The van der Waals surface area contributed by atoms with E-state index in [1.807, 2.05) is 10.7 Å². The number of aryl methyl sites for hydroxylation is 1. The first-order chi connectivity index (χ1) is 10.9. The maximum Gasteiger partial charge on any atom is 0.343 e. The molecular weight excluding hydrogens is 290 g/mol. The Hall–Kier alpha value is -2.30. The Morgan fingerprint density at radius 2 is 2.17 bits per heavy atom. The lowest BCUT2D eigenvalue weighted by atomic mass is 9.87. The molecule has 0 fully saturated rings. The fourth-order valence-corrected chi connectivity index (χ4v) is 3.27.